The van der Waals surface area contributed by atoms with Crippen molar-refractivity contribution in [1.82, 2.24) is 25.0 Å². The second-order valence-corrected chi connectivity index (χ2v) is 6.23. The number of carbonyl (C=O) groups is 1. The quantitative estimate of drug-likeness (QED) is 0.804. The number of amides is 2. The highest BCUT2D eigenvalue weighted by molar-refractivity contribution is 7.18. The average Bonchev–Trinajstić information content (AvgIpc) is 3.10. The number of nitrogens with one attached hydrogen (secondary N) is 1. The number of benzene rings is 1. The van der Waals surface area contributed by atoms with Gasteiger partial charge >= 0.3 is 6.03 Å². The highest BCUT2D eigenvalue weighted by Gasteiger charge is 2.11. The molecule has 0 fully saturated rings. The first-order valence-electron chi connectivity index (χ1n) is 6.93. The molecule has 2 heterocycles. The Morgan fingerprint density at radius 3 is 2.95 bits per heavy atom. The molecular weight excluding hydrogens is 298 g/mol. The molecule has 2 amide bonds. The van der Waals surface area contributed by atoms with Crippen molar-refractivity contribution in [1.29, 1.82) is 0 Å². The number of rotatable bonds is 4. The van der Waals surface area contributed by atoms with E-state index in [1.54, 1.807) is 34.2 Å². The van der Waals surface area contributed by atoms with E-state index in [9.17, 15) is 4.79 Å². The molecule has 0 aliphatic rings. The van der Waals surface area contributed by atoms with E-state index in [0.29, 0.717) is 13.1 Å². The van der Waals surface area contributed by atoms with E-state index >= 15 is 0 Å². The highest BCUT2D eigenvalue weighted by atomic mass is 32.1. The van der Waals surface area contributed by atoms with Gasteiger partial charge in [0.2, 0.25) is 0 Å². The number of nitrogens with zero attached hydrogens (tertiary/aromatic N) is 4. The first-order valence-corrected chi connectivity index (χ1v) is 7.74. The molecule has 1 aromatic carbocycles. The Bertz CT molecular complexity index is 761. The van der Waals surface area contributed by atoms with Crippen LogP contribution in [0.3, 0.4) is 0 Å². The molecule has 114 valence electrons. The topological polar surface area (TPSA) is 63.1 Å². The maximum absolute atomic E-state index is 12.1. The predicted molar refractivity (Wildman–Crippen MR) is 86.5 cm³/mol. The number of aryl methyl sites for hydroxylation is 1. The molecule has 3 rings (SSSR count). The van der Waals surface area contributed by atoms with Gasteiger partial charge in [-0.3, -0.25) is 4.68 Å². The molecule has 7 heteroatoms. The van der Waals surface area contributed by atoms with Gasteiger partial charge in [-0.2, -0.15) is 5.10 Å². The number of thiazole rings is 1. The minimum Gasteiger partial charge on any atom is -0.331 e. The SMILES string of the molecule is CN(Cc1cnn(C)c1)C(=O)NCc1nc2ccccc2s1. The summed E-state index contributed by atoms with van der Waals surface area (Å²) in [5.41, 5.74) is 1.97. The normalized spacial score (nSPS) is 10.8. The zero-order valence-electron chi connectivity index (χ0n) is 12.5. The summed E-state index contributed by atoms with van der Waals surface area (Å²) >= 11 is 1.60. The number of urea groups is 1. The molecule has 0 radical (unpaired) electrons. The Morgan fingerprint density at radius 1 is 1.41 bits per heavy atom. The monoisotopic (exact) mass is 315 g/mol. The summed E-state index contributed by atoms with van der Waals surface area (Å²) in [4.78, 5) is 18.2. The third-order valence-corrected chi connectivity index (χ3v) is 4.29. The van der Waals surface area contributed by atoms with Crippen LogP contribution in [0.15, 0.2) is 36.7 Å². The molecule has 0 atom stereocenters. The summed E-state index contributed by atoms with van der Waals surface area (Å²) in [5.74, 6) is 0. The van der Waals surface area contributed by atoms with Crippen molar-refractivity contribution in [2.24, 2.45) is 7.05 Å². The maximum Gasteiger partial charge on any atom is 0.317 e. The Kier molecular flexibility index (Phi) is 4.06. The molecule has 2 aromatic heterocycles. The lowest BCUT2D eigenvalue weighted by Crippen LogP contribution is -2.36. The van der Waals surface area contributed by atoms with E-state index in [4.69, 9.17) is 0 Å². The van der Waals surface area contributed by atoms with Crippen molar-refractivity contribution in [3.05, 3.63) is 47.2 Å². The van der Waals surface area contributed by atoms with Gasteiger partial charge in [0.05, 0.1) is 29.5 Å². The summed E-state index contributed by atoms with van der Waals surface area (Å²) < 4.78 is 2.86. The minimum absolute atomic E-state index is 0.122. The van der Waals surface area contributed by atoms with Crippen LogP contribution in [0.25, 0.3) is 10.2 Å². The van der Waals surface area contributed by atoms with Crippen LogP contribution in [0.2, 0.25) is 0 Å². The minimum atomic E-state index is -0.122. The maximum atomic E-state index is 12.1. The molecule has 6 nitrogen and oxygen atoms in total. The van der Waals surface area contributed by atoms with Gasteiger partial charge in [-0.05, 0) is 12.1 Å². The van der Waals surface area contributed by atoms with Crippen molar-refractivity contribution in [3.63, 3.8) is 0 Å². The molecule has 0 saturated heterocycles. The smallest absolute Gasteiger partial charge is 0.317 e. The fraction of sp³-hybridized carbons (Fsp3) is 0.267. The number of carbonyl (C=O) groups excluding carboxylic acids is 1. The second kappa shape index (κ2) is 6.15. The van der Waals surface area contributed by atoms with Gasteiger partial charge < -0.3 is 10.2 Å². The highest BCUT2D eigenvalue weighted by Crippen LogP contribution is 2.21. The number of hydrogen-bond donors (Lipinski definition) is 1. The van der Waals surface area contributed by atoms with Crippen molar-refractivity contribution < 1.29 is 4.79 Å². The summed E-state index contributed by atoms with van der Waals surface area (Å²) in [6, 6.07) is 7.85. The lowest BCUT2D eigenvalue weighted by Gasteiger charge is -2.16. The average molecular weight is 315 g/mol. The van der Waals surface area contributed by atoms with E-state index in [0.717, 1.165) is 20.8 Å². The zero-order valence-corrected chi connectivity index (χ0v) is 13.3. The molecule has 0 spiro atoms. The summed E-state index contributed by atoms with van der Waals surface area (Å²) in [6.07, 6.45) is 3.66. The van der Waals surface area contributed by atoms with Crippen LogP contribution in [0.4, 0.5) is 4.79 Å². The second-order valence-electron chi connectivity index (χ2n) is 5.11. The molecule has 1 N–H and O–H groups in total. The van der Waals surface area contributed by atoms with E-state index in [1.165, 1.54) is 0 Å². The molecular formula is C15H17N5OS. The molecule has 0 unspecified atom stereocenters. The fourth-order valence-corrected chi connectivity index (χ4v) is 3.09. The first kappa shape index (κ1) is 14.5. The Morgan fingerprint density at radius 2 is 2.23 bits per heavy atom. The Balaban J connectivity index is 1.57. The van der Waals surface area contributed by atoms with E-state index in [2.05, 4.69) is 15.4 Å². The first-order chi connectivity index (χ1) is 10.6. The van der Waals surface area contributed by atoms with Gasteiger partial charge in [-0.15, -0.1) is 11.3 Å². The van der Waals surface area contributed by atoms with Gasteiger partial charge in [0.25, 0.3) is 0 Å². The van der Waals surface area contributed by atoms with Crippen molar-refractivity contribution in [2.75, 3.05) is 7.05 Å². The van der Waals surface area contributed by atoms with Crippen LogP contribution in [-0.2, 0) is 20.1 Å². The fourth-order valence-electron chi connectivity index (χ4n) is 2.18. The van der Waals surface area contributed by atoms with Crippen molar-refractivity contribution in [3.8, 4) is 0 Å². The van der Waals surface area contributed by atoms with Gasteiger partial charge in [0.15, 0.2) is 0 Å². The molecule has 3 aromatic rings. The third-order valence-electron chi connectivity index (χ3n) is 3.25. The van der Waals surface area contributed by atoms with Crippen LogP contribution >= 0.6 is 11.3 Å². The number of para-hydroxylation sites is 1. The zero-order chi connectivity index (χ0) is 15.5. The van der Waals surface area contributed by atoms with Gasteiger partial charge in [-0.1, -0.05) is 12.1 Å². The van der Waals surface area contributed by atoms with Crippen LogP contribution < -0.4 is 5.32 Å². The number of aromatic nitrogens is 3. The molecule has 0 saturated carbocycles. The van der Waals surface area contributed by atoms with Gasteiger partial charge in [0.1, 0.15) is 5.01 Å². The predicted octanol–water partition coefficient (Wildman–Crippen LogP) is 2.37. The summed E-state index contributed by atoms with van der Waals surface area (Å²) in [6.45, 7) is 0.967. The van der Waals surface area contributed by atoms with Gasteiger partial charge in [0, 0.05) is 25.9 Å². The Labute approximate surface area is 132 Å². The van der Waals surface area contributed by atoms with E-state index < -0.39 is 0 Å². The van der Waals surface area contributed by atoms with E-state index in [-0.39, 0.29) is 6.03 Å². The molecule has 22 heavy (non-hydrogen) atoms. The third kappa shape index (κ3) is 3.25. The molecule has 0 bridgehead atoms. The lowest BCUT2D eigenvalue weighted by molar-refractivity contribution is 0.206. The summed E-state index contributed by atoms with van der Waals surface area (Å²) in [5, 5.41) is 7.90. The number of hydrogen-bond acceptors (Lipinski definition) is 4. The van der Waals surface area contributed by atoms with Crippen LogP contribution in [-0.4, -0.2) is 32.7 Å². The van der Waals surface area contributed by atoms with Crippen LogP contribution in [0.5, 0.6) is 0 Å². The largest absolute Gasteiger partial charge is 0.331 e. The summed E-state index contributed by atoms with van der Waals surface area (Å²) in [7, 11) is 3.62. The standard InChI is InChI=1S/C15H17N5OS/c1-19(9-11-7-17-20(2)10-11)15(21)16-8-14-18-12-5-3-4-6-13(12)22-14/h3-7,10H,8-9H2,1-2H3,(H,16,21). The van der Waals surface area contributed by atoms with Gasteiger partial charge in [-0.25, -0.2) is 9.78 Å². The van der Waals surface area contributed by atoms with Crippen LogP contribution in [0.1, 0.15) is 10.6 Å². The van der Waals surface area contributed by atoms with Crippen molar-refractivity contribution in [2.45, 2.75) is 13.1 Å². The Hall–Kier alpha value is -2.41. The molecule has 0 aliphatic carbocycles. The number of fused-ring (bicyclic) bond motifs is 1. The lowest BCUT2D eigenvalue weighted by atomic mass is 10.3. The van der Waals surface area contributed by atoms with E-state index in [1.807, 2.05) is 37.5 Å². The van der Waals surface area contributed by atoms with Crippen molar-refractivity contribution >= 4 is 27.6 Å². The van der Waals surface area contributed by atoms with Crippen LogP contribution in [0, 0.1) is 0 Å². The molecule has 0 aliphatic heterocycles.